The van der Waals surface area contributed by atoms with Crippen LogP contribution in [0.2, 0.25) is 0 Å². The van der Waals surface area contributed by atoms with Gasteiger partial charge in [0.15, 0.2) is 0 Å². The van der Waals surface area contributed by atoms with Gasteiger partial charge in [-0.1, -0.05) is 0 Å². The second kappa shape index (κ2) is 4.48. The number of fused-ring (bicyclic) bond motifs is 1. The predicted molar refractivity (Wildman–Crippen MR) is 65.4 cm³/mol. The molecule has 0 aliphatic carbocycles. The Labute approximate surface area is 114 Å². The van der Waals surface area contributed by atoms with Crippen molar-refractivity contribution in [1.29, 1.82) is 0 Å². The molecule has 108 valence electrons. The quantitative estimate of drug-likeness (QED) is 0.794. The van der Waals surface area contributed by atoms with Crippen molar-refractivity contribution >= 4 is 5.91 Å². The van der Waals surface area contributed by atoms with Crippen LogP contribution in [-0.4, -0.2) is 31.1 Å². The van der Waals surface area contributed by atoms with E-state index in [0.717, 1.165) is 0 Å². The average molecular weight is 285 g/mol. The third kappa shape index (κ3) is 2.08. The number of hydrogen-bond acceptors (Lipinski definition) is 2. The summed E-state index contributed by atoms with van der Waals surface area (Å²) in [6.07, 6.45) is -3.74. The van der Waals surface area contributed by atoms with Gasteiger partial charge in [-0.3, -0.25) is 4.79 Å². The maximum absolute atomic E-state index is 13.2. The first-order chi connectivity index (χ1) is 9.38. The maximum Gasteiger partial charge on any atom is 0.416 e. The molecule has 6 heteroatoms. The van der Waals surface area contributed by atoms with Gasteiger partial charge in [0.2, 0.25) is 0 Å². The normalized spacial score (nSPS) is 22.5. The summed E-state index contributed by atoms with van der Waals surface area (Å²) in [5.74, 6) is -0.397. The van der Waals surface area contributed by atoms with E-state index in [9.17, 15) is 18.0 Å². The Balaban J connectivity index is 2.14. The van der Waals surface area contributed by atoms with Crippen LogP contribution >= 0.6 is 0 Å². The van der Waals surface area contributed by atoms with E-state index in [-0.39, 0.29) is 29.5 Å². The summed E-state index contributed by atoms with van der Waals surface area (Å²) < 4.78 is 44.8. The van der Waals surface area contributed by atoms with Crippen molar-refractivity contribution in [2.45, 2.75) is 25.1 Å². The first kappa shape index (κ1) is 13.4. The Morgan fingerprint density at radius 2 is 2.10 bits per heavy atom. The highest BCUT2D eigenvalue weighted by molar-refractivity contribution is 5.98. The van der Waals surface area contributed by atoms with Gasteiger partial charge in [-0.05, 0) is 29.7 Å². The fourth-order valence-corrected chi connectivity index (χ4v) is 2.86. The number of nitrogens with zero attached hydrogens (tertiary/aromatic N) is 1. The summed E-state index contributed by atoms with van der Waals surface area (Å²) in [7, 11) is 1.51. The maximum atomic E-state index is 13.2. The van der Waals surface area contributed by atoms with Gasteiger partial charge >= 0.3 is 6.18 Å². The number of benzene rings is 1. The van der Waals surface area contributed by atoms with Gasteiger partial charge in [0, 0.05) is 31.7 Å². The SMILES string of the molecule is CN1Cc2c(cc(C3CCOC3)cc2C(F)(F)F)C1=O. The van der Waals surface area contributed by atoms with Crippen molar-refractivity contribution in [1.82, 2.24) is 4.90 Å². The number of halogens is 3. The van der Waals surface area contributed by atoms with Crippen LogP contribution in [0.1, 0.15) is 39.4 Å². The number of ether oxygens (including phenoxy) is 1. The van der Waals surface area contributed by atoms with Gasteiger partial charge in [0.25, 0.3) is 5.91 Å². The second-order valence-electron chi connectivity index (χ2n) is 5.31. The summed E-state index contributed by atoms with van der Waals surface area (Å²) in [4.78, 5) is 13.3. The molecule has 0 saturated carbocycles. The summed E-state index contributed by atoms with van der Waals surface area (Å²) >= 11 is 0. The molecule has 1 amide bonds. The minimum absolute atomic E-state index is 0.0183. The minimum Gasteiger partial charge on any atom is -0.381 e. The van der Waals surface area contributed by atoms with Crippen LogP contribution in [0.15, 0.2) is 12.1 Å². The van der Waals surface area contributed by atoms with Crippen molar-refractivity contribution in [2.24, 2.45) is 0 Å². The van der Waals surface area contributed by atoms with E-state index in [2.05, 4.69) is 0 Å². The summed E-state index contributed by atoms with van der Waals surface area (Å²) in [5.41, 5.74) is 0.142. The number of carbonyl (C=O) groups excluding carboxylic acids is 1. The number of rotatable bonds is 1. The number of carbonyl (C=O) groups is 1. The second-order valence-corrected chi connectivity index (χ2v) is 5.31. The van der Waals surface area contributed by atoms with Gasteiger partial charge in [-0.15, -0.1) is 0 Å². The predicted octanol–water partition coefficient (Wildman–Crippen LogP) is 2.79. The first-order valence-corrected chi connectivity index (χ1v) is 6.45. The smallest absolute Gasteiger partial charge is 0.381 e. The molecule has 1 saturated heterocycles. The van der Waals surface area contributed by atoms with Crippen LogP contribution in [0.3, 0.4) is 0 Å². The highest BCUT2D eigenvalue weighted by Gasteiger charge is 2.39. The van der Waals surface area contributed by atoms with Crippen molar-refractivity contribution in [3.63, 3.8) is 0 Å². The molecule has 0 aromatic heterocycles. The zero-order chi connectivity index (χ0) is 14.5. The Hall–Kier alpha value is -1.56. The third-order valence-electron chi connectivity index (χ3n) is 3.95. The minimum atomic E-state index is -4.44. The zero-order valence-electron chi connectivity index (χ0n) is 11.0. The van der Waals surface area contributed by atoms with E-state index >= 15 is 0 Å². The van der Waals surface area contributed by atoms with Crippen LogP contribution in [0.4, 0.5) is 13.2 Å². The molecule has 3 nitrogen and oxygen atoms in total. The number of hydrogen-bond donors (Lipinski definition) is 0. The van der Waals surface area contributed by atoms with E-state index in [0.29, 0.717) is 25.2 Å². The van der Waals surface area contributed by atoms with E-state index < -0.39 is 11.7 Å². The molecule has 0 bridgehead atoms. The molecule has 3 rings (SSSR count). The third-order valence-corrected chi connectivity index (χ3v) is 3.95. The average Bonchev–Trinajstić information content (AvgIpc) is 2.98. The molecule has 20 heavy (non-hydrogen) atoms. The summed E-state index contributed by atoms with van der Waals surface area (Å²) in [6, 6.07) is 2.79. The van der Waals surface area contributed by atoms with Crippen LogP contribution in [0, 0.1) is 0 Å². The van der Waals surface area contributed by atoms with E-state index in [1.807, 2.05) is 0 Å². The monoisotopic (exact) mass is 285 g/mol. The fraction of sp³-hybridized carbons (Fsp3) is 0.500. The van der Waals surface area contributed by atoms with Gasteiger partial charge in [0.05, 0.1) is 12.2 Å². The van der Waals surface area contributed by atoms with Crippen LogP contribution < -0.4 is 0 Å². The van der Waals surface area contributed by atoms with Crippen molar-refractivity contribution in [3.8, 4) is 0 Å². The van der Waals surface area contributed by atoms with Crippen LogP contribution in [0.5, 0.6) is 0 Å². The summed E-state index contributed by atoms with van der Waals surface area (Å²) in [6.45, 7) is 0.988. The molecule has 2 aliphatic rings. The number of alkyl halides is 3. The molecule has 1 fully saturated rings. The van der Waals surface area contributed by atoms with Crippen molar-refractivity contribution in [2.75, 3.05) is 20.3 Å². The Kier molecular flexibility index (Phi) is 3.01. The Morgan fingerprint density at radius 3 is 2.70 bits per heavy atom. The standard InChI is InChI=1S/C14H14F3NO2/c1-18-6-11-10(13(18)19)4-9(8-2-3-20-7-8)5-12(11)14(15,16)17/h4-5,8H,2-3,6-7H2,1H3. The van der Waals surface area contributed by atoms with Crippen LogP contribution in [-0.2, 0) is 17.5 Å². The van der Waals surface area contributed by atoms with E-state index in [1.54, 1.807) is 6.07 Å². The van der Waals surface area contributed by atoms with E-state index in [1.165, 1.54) is 18.0 Å². The molecule has 0 spiro atoms. The fourth-order valence-electron chi connectivity index (χ4n) is 2.86. The molecule has 1 aromatic carbocycles. The van der Waals surface area contributed by atoms with Crippen molar-refractivity contribution < 1.29 is 22.7 Å². The van der Waals surface area contributed by atoms with Gasteiger partial charge in [0.1, 0.15) is 0 Å². The lowest BCUT2D eigenvalue weighted by atomic mass is 9.91. The zero-order valence-corrected chi connectivity index (χ0v) is 11.0. The lowest BCUT2D eigenvalue weighted by molar-refractivity contribution is -0.138. The molecule has 1 aromatic rings. The highest BCUT2D eigenvalue weighted by atomic mass is 19.4. The van der Waals surface area contributed by atoms with Crippen molar-refractivity contribution in [3.05, 3.63) is 34.4 Å². The molecule has 0 radical (unpaired) electrons. The first-order valence-electron chi connectivity index (χ1n) is 6.45. The molecular weight excluding hydrogens is 271 g/mol. The molecule has 2 heterocycles. The molecular formula is C14H14F3NO2. The largest absolute Gasteiger partial charge is 0.416 e. The number of amides is 1. The van der Waals surface area contributed by atoms with Gasteiger partial charge < -0.3 is 9.64 Å². The van der Waals surface area contributed by atoms with Gasteiger partial charge in [-0.25, -0.2) is 0 Å². The molecule has 0 N–H and O–H groups in total. The topological polar surface area (TPSA) is 29.5 Å². The van der Waals surface area contributed by atoms with Gasteiger partial charge in [-0.2, -0.15) is 13.2 Å². The molecule has 1 atom stereocenters. The highest BCUT2D eigenvalue weighted by Crippen LogP contribution is 2.40. The lowest BCUT2D eigenvalue weighted by Gasteiger charge is -2.16. The molecule has 2 aliphatic heterocycles. The Morgan fingerprint density at radius 1 is 1.35 bits per heavy atom. The van der Waals surface area contributed by atoms with Crippen LogP contribution in [0.25, 0.3) is 0 Å². The summed E-state index contributed by atoms with van der Waals surface area (Å²) in [5, 5.41) is 0. The molecule has 1 unspecified atom stereocenters. The lowest BCUT2D eigenvalue weighted by Crippen LogP contribution is -2.17. The van der Waals surface area contributed by atoms with E-state index in [4.69, 9.17) is 4.74 Å². The Bertz CT molecular complexity index is 562.